The maximum atomic E-state index is 5.37. The highest BCUT2D eigenvalue weighted by Gasteiger charge is 2.13. The van der Waals surface area contributed by atoms with Gasteiger partial charge in [-0.15, -0.1) is 0 Å². The third-order valence-electron chi connectivity index (χ3n) is 2.99. The van der Waals surface area contributed by atoms with Crippen LogP contribution in [-0.2, 0) is 0 Å². The molecule has 0 saturated heterocycles. The Balaban J connectivity index is 2.89. The molecule has 1 rings (SSSR count). The standard InChI is InChI=1S/C14H23NO2/c1-6-12(10(2)3)15-13-8-7-11(16-4)9-14(13)17-5/h7-10,12,15H,6H2,1-5H3. The van der Waals surface area contributed by atoms with Gasteiger partial charge in [-0.2, -0.15) is 0 Å². The lowest BCUT2D eigenvalue weighted by Crippen LogP contribution is -2.24. The Morgan fingerprint density at radius 3 is 2.35 bits per heavy atom. The Bertz CT molecular complexity index is 350. The number of benzene rings is 1. The van der Waals surface area contributed by atoms with Crippen molar-refractivity contribution in [1.29, 1.82) is 0 Å². The first-order valence-corrected chi connectivity index (χ1v) is 6.10. The zero-order valence-electron chi connectivity index (χ0n) is 11.4. The molecule has 0 aliphatic carbocycles. The molecule has 0 spiro atoms. The fourth-order valence-corrected chi connectivity index (χ4v) is 1.86. The molecule has 0 saturated carbocycles. The summed E-state index contributed by atoms with van der Waals surface area (Å²) in [5.41, 5.74) is 1.02. The molecule has 1 aromatic carbocycles. The summed E-state index contributed by atoms with van der Waals surface area (Å²) >= 11 is 0. The minimum Gasteiger partial charge on any atom is -0.497 e. The van der Waals surface area contributed by atoms with Crippen molar-refractivity contribution in [2.24, 2.45) is 5.92 Å². The summed E-state index contributed by atoms with van der Waals surface area (Å²) in [5, 5.41) is 3.52. The number of hydrogen-bond donors (Lipinski definition) is 1. The Labute approximate surface area is 104 Å². The molecular weight excluding hydrogens is 214 g/mol. The van der Waals surface area contributed by atoms with Crippen molar-refractivity contribution < 1.29 is 9.47 Å². The minimum atomic E-state index is 0.456. The second-order valence-electron chi connectivity index (χ2n) is 4.47. The van der Waals surface area contributed by atoms with E-state index in [0.29, 0.717) is 12.0 Å². The van der Waals surface area contributed by atoms with E-state index >= 15 is 0 Å². The topological polar surface area (TPSA) is 30.5 Å². The minimum absolute atomic E-state index is 0.456. The van der Waals surface area contributed by atoms with Crippen molar-refractivity contribution in [3.05, 3.63) is 18.2 Å². The van der Waals surface area contributed by atoms with Crippen LogP contribution < -0.4 is 14.8 Å². The monoisotopic (exact) mass is 237 g/mol. The van der Waals surface area contributed by atoms with E-state index in [2.05, 4.69) is 26.1 Å². The number of nitrogens with one attached hydrogen (secondary N) is 1. The first-order valence-electron chi connectivity index (χ1n) is 6.10. The van der Waals surface area contributed by atoms with Crippen molar-refractivity contribution in [3.8, 4) is 11.5 Å². The van der Waals surface area contributed by atoms with E-state index in [1.165, 1.54) is 0 Å². The van der Waals surface area contributed by atoms with Crippen molar-refractivity contribution >= 4 is 5.69 Å². The zero-order valence-corrected chi connectivity index (χ0v) is 11.4. The molecule has 0 fully saturated rings. The number of rotatable bonds is 6. The molecule has 17 heavy (non-hydrogen) atoms. The van der Waals surface area contributed by atoms with E-state index in [9.17, 15) is 0 Å². The van der Waals surface area contributed by atoms with Gasteiger partial charge in [0.25, 0.3) is 0 Å². The number of hydrogen-bond acceptors (Lipinski definition) is 3. The average molecular weight is 237 g/mol. The average Bonchev–Trinajstić information content (AvgIpc) is 2.35. The SMILES string of the molecule is CCC(Nc1ccc(OC)cc1OC)C(C)C. The Morgan fingerprint density at radius 1 is 1.18 bits per heavy atom. The van der Waals surface area contributed by atoms with Gasteiger partial charge < -0.3 is 14.8 Å². The van der Waals surface area contributed by atoms with Crippen molar-refractivity contribution in [1.82, 2.24) is 0 Å². The Kier molecular flexibility index (Phi) is 5.13. The molecule has 0 bridgehead atoms. The van der Waals surface area contributed by atoms with E-state index in [-0.39, 0.29) is 0 Å². The smallest absolute Gasteiger partial charge is 0.145 e. The fraction of sp³-hybridized carbons (Fsp3) is 0.571. The van der Waals surface area contributed by atoms with E-state index in [1.807, 2.05) is 18.2 Å². The van der Waals surface area contributed by atoms with Crippen LogP contribution in [0.25, 0.3) is 0 Å². The molecule has 1 N–H and O–H groups in total. The van der Waals surface area contributed by atoms with Gasteiger partial charge in [0.1, 0.15) is 11.5 Å². The summed E-state index contributed by atoms with van der Waals surface area (Å²) in [6.45, 7) is 6.63. The summed E-state index contributed by atoms with van der Waals surface area (Å²) in [6, 6.07) is 6.30. The van der Waals surface area contributed by atoms with Crippen LogP contribution >= 0.6 is 0 Å². The van der Waals surface area contributed by atoms with Crippen molar-refractivity contribution in [3.63, 3.8) is 0 Å². The molecule has 0 aliphatic rings. The largest absolute Gasteiger partial charge is 0.497 e. The van der Waals surface area contributed by atoms with Gasteiger partial charge in [-0.25, -0.2) is 0 Å². The van der Waals surface area contributed by atoms with Crippen LogP contribution in [0, 0.1) is 5.92 Å². The first kappa shape index (κ1) is 13.7. The number of ether oxygens (including phenoxy) is 2. The van der Waals surface area contributed by atoms with E-state index < -0.39 is 0 Å². The molecular formula is C14H23NO2. The van der Waals surface area contributed by atoms with E-state index in [4.69, 9.17) is 9.47 Å². The van der Waals surface area contributed by atoms with Crippen molar-refractivity contribution in [2.45, 2.75) is 33.2 Å². The Morgan fingerprint density at radius 2 is 1.88 bits per heavy atom. The highest BCUT2D eigenvalue weighted by molar-refractivity contribution is 5.59. The van der Waals surface area contributed by atoms with Gasteiger partial charge >= 0.3 is 0 Å². The van der Waals surface area contributed by atoms with Crippen LogP contribution in [0.3, 0.4) is 0 Å². The second-order valence-corrected chi connectivity index (χ2v) is 4.47. The second kappa shape index (κ2) is 6.38. The van der Waals surface area contributed by atoms with Gasteiger partial charge in [-0.1, -0.05) is 20.8 Å². The maximum absolute atomic E-state index is 5.37. The normalized spacial score (nSPS) is 12.4. The summed E-state index contributed by atoms with van der Waals surface area (Å²) in [7, 11) is 3.33. The summed E-state index contributed by atoms with van der Waals surface area (Å²) < 4.78 is 10.6. The van der Waals surface area contributed by atoms with Crippen LogP contribution in [0.15, 0.2) is 18.2 Å². The highest BCUT2D eigenvalue weighted by Crippen LogP contribution is 2.30. The zero-order chi connectivity index (χ0) is 12.8. The van der Waals surface area contributed by atoms with Crippen LogP contribution in [0.2, 0.25) is 0 Å². The molecule has 3 heteroatoms. The van der Waals surface area contributed by atoms with Gasteiger partial charge in [0.2, 0.25) is 0 Å². The molecule has 3 nitrogen and oxygen atoms in total. The molecule has 1 unspecified atom stereocenters. The molecule has 96 valence electrons. The molecule has 1 atom stereocenters. The Hall–Kier alpha value is -1.38. The van der Waals surface area contributed by atoms with Gasteiger partial charge in [0.05, 0.1) is 19.9 Å². The molecule has 0 amide bonds. The van der Waals surface area contributed by atoms with E-state index in [1.54, 1.807) is 14.2 Å². The van der Waals surface area contributed by atoms with Crippen LogP contribution in [0.1, 0.15) is 27.2 Å². The van der Waals surface area contributed by atoms with Gasteiger partial charge in [0.15, 0.2) is 0 Å². The first-order chi connectivity index (χ1) is 8.12. The lowest BCUT2D eigenvalue weighted by Gasteiger charge is -2.23. The molecule has 1 aromatic rings. The van der Waals surface area contributed by atoms with Crippen molar-refractivity contribution in [2.75, 3.05) is 19.5 Å². The maximum Gasteiger partial charge on any atom is 0.145 e. The summed E-state index contributed by atoms with van der Waals surface area (Å²) in [6.07, 6.45) is 1.09. The molecule has 0 aromatic heterocycles. The third-order valence-corrected chi connectivity index (χ3v) is 2.99. The van der Waals surface area contributed by atoms with Gasteiger partial charge in [-0.05, 0) is 24.5 Å². The molecule has 0 heterocycles. The van der Waals surface area contributed by atoms with Crippen LogP contribution in [0.4, 0.5) is 5.69 Å². The van der Waals surface area contributed by atoms with Gasteiger partial charge in [0, 0.05) is 12.1 Å². The molecule has 0 radical (unpaired) electrons. The summed E-state index contributed by atoms with van der Waals surface area (Å²) in [4.78, 5) is 0. The lowest BCUT2D eigenvalue weighted by molar-refractivity contribution is 0.394. The summed E-state index contributed by atoms with van der Waals surface area (Å²) in [5.74, 6) is 2.22. The van der Waals surface area contributed by atoms with Crippen LogP contribution in [-0.4, -0.2) is 20.3 Å². The third kappa shape index (κ3) is 3.55. The van der Waals surface area contributed by atoms with E-state index in [0.717, 1.165) is 23.6 Å². The quantitative estimate of drug-likeness (QED) is 0.820. The molecule has 0 aliphatic heterocycles. The fourth-order valence-electron chi connectivity index (χ4n) is 1.86. The highest BCUT2D eigenvalue weighted by atomic mass is 16.5. The van der Waals surface area contributed by atoms with Gasteiger partial charge in [-0.3, -0.25) is 0 Å². The lowest BCUT2D eigenvalue weighted by atomic mass is 10.0. The predicted octanol–water partition coefficient (Wildman–Crippen LogP) is 3.55. The predicted molar refractivity (Wildman–Crippen MR) is 72.1 cm³/mol. The van der Waals surface area contributed by atoms with Crippen LogP contribution in [0.5, 0.6) is 11.5 Å². The number of methoxy groups -OCH3 is 2. The number of anilines is 1.